The SMILES string of the molecule is CCC1CCCC(C(=O)O)N1C(C)=O. The summed E-state index contributed by atoms with van der Waals surface area (Å²) in [5.41, 5.74) is 0. The summed E-state index contributed by atoms with van der Waals surface area (Å²) in [6.07, 6.45) is 3.26. The average molecular weight is 199 g/mol. The van der Waals surface area contributed by atoms with Crippen LogP contribution < -0.4 is 0 Å². The number of aliphatic carboxylic acids is 1. The van der Waals surface area contributed by atoms with Gasteiger partial charge in [-0.3, -0.25) is 4.79 Å². The number of rotatable bonds is 2. The van der Waals surface area contributed by atoms with Gasteiger partial charge in [-0.05, 0) is 25.7 Å². The van der Waals surface area contributed by atoms with Gasteiger partial charge in [0.25, 0.3) is 0 Å². The second-order valence-electron chi connectivity index (χ2n) is 3.77. The largest absolute Gasteiger partial charge is 0.480 e. The summed E-state index contributed by atoms with van der Waals surface area (Å²) in [6, 6.07) is -0.492. The molecule has 0 spiro atoms. The summed E-state index contributed by atoms with van der Waals surface area (Å²) < 4.78 is 0. The average Bonchev–Trinajstić information content (AvgIpc) is 2.16. The first-order valence-corrected chi connectivity index (χ1v) is 5.09. The molecule has 0 saturated carbocycles. The zero-order valence-electron chi connectivity index (χ0n) is 8.69. The molecule has 1 amide bonds. The van der Waals surface area contributed by atoms with Crippen LogP contribution in [0.1, 0.15) is 39.5 Å². The molecular formula is C10H17NO3. The van der Waals surface area contributed by atoms with Gasteiger partial charge in [0.15, 0.2) is 0 Å². The number of carboxylic acids is 1. The zero-order valence-corrected chi connectivity index (χ0v) is 8.69. The van der Waals surface area contributed by atoms with Crippen LogP contribution in [0.4, 0.5) is 0 Å². The molecule has 1 heterocycles. The van der Waals surface area contributed by atoms with Crippen LogP contribution in [0.25, 0.3) is 0 Å². The molecule has 14 heavy (non-hydrogen) atoms. The van der Waals surface area contributed by atoms with E-state index in [4.69, 9.17) is 5.11 Å². The van der Waals surface area contributed by atoms with E-state index in [1.165, 1.54) is 11.8 Å². The predicted octanol–water partition coefficient (Wildman–Crippen LogP) is 1.25. The summed E-state index contributed by atoms with van der Waals surface area (Å²) in [4.78, 5) is 23.8. The summed E-state index contributed by atoms with van der Waals surface area (Å²) in [5, 5.41) is 8.98. The Morgan fingerprint density at radius 1 is 1.43 bits per heavy atom. The molecule has 0 aliphatic carbocycles. The molecule has 0 aromatic heterocycles. The van der Waals surface area contributed by atoms with Crippen molar-refractivity contribution < 1.29 is 14.7 Å². The molecule has 0 aromatic rings. The lowest BCUT2D eigenvalue weighted by molar-refractivity contribution is -0.154. The molecule has 1 aliphatic heterocycles. The first kappa shape index (κ1) is 11.0. The van der Waals surface area contributed by atoms with Crippen LogP contribution in [-0.2, 0) is 9.59 Å². The highest BCUT2D eigenvalue weighted by atomic mass is 16.4. The molecule has 0 bridgehead atoms. The molecule has 1 rings (SSSR count). The van der Waals surface area contributed by atoms with E-state index >= 15 is 0 Å². The maximum absolute atomic E-state index is 11.3. The highest BCUT2D eigenvalue weighted by Crippen LogP contribution is 2.25. The van der Waals surface area contributed by atoms with Crippen LogP contribution >= 0.6 is 0 Å². The Morgan fingerprint density at radius 2 is 2.07 bits per heavy atom. The fourth-order valence-electron chi connectivity index (χ4n) is 2.20. The first-order chi connectivity index (χ1) is 6.57. The Bertz CT molecular complexity index is 240. The van der Waals surface area contributed by atoms with Crippen molar-refractivity contribution in [3.63, 3.8) is 0 Å². The summed E-state index contributed by atoms with van der Waals surface area (Å²) in [5.74, 6) is -0.998. The minimum absolute atomic E-state index is 0.113. The van der Waals surface area contributed by atoms with Crippen molar-refractivity contribution in [1.29, 1.82) is 0 Å². The van der Waals surface area contributed by atoms with Crippen LogP contribution in [0.3, 0.4) is 0 Å². The van der Waals surface area contributed by atoms with Gasteiger partial charge in [-0.2, -0.15) is 0 Å². The molecule has 2 unspecified atom stereocenters. The number of amides is 1. The first-order valence-electron chi connectivity index (χ1n) is 5.09. The minimum atomic E-state index is -0.877. The van der Waals surface area contributed by atoms with Gasteiger partial charge in [0.05, 0.1) is 0 Å². The highest BCUT2D eigenvalue weighted by molar-refractivity contribution is 5.82. The van der Waals surface area contributed by atoms with Gasteiger partial charge in [-0.25, -0.2) is 4.79 Å². The quantitative estimate of drug-likeness (QED) is 0.728. The third-order valence-corrected chi connectivity index (χ3v) is 2.86. The van der Waals surface area contributed by atoms with Gasteiger partial charge in [0.2, 0.25) is 5.91 Å². The van der Waals surface area contributed by atoms with Crippen LogP contribution in [0, 0.1) is 0 Å². The molecule has 1 saturated heterocycles. The van der Waals surface area contributed by atoms with E-state index in [0.29, 0.717) is 6.42 Å². The van der Waals surface area contributed by atoms with Gasteiger partial charge in [0.1, 0.15) is 6.04 Å². The monoisotopic (exact) mass is 199 g/mol. The van der Waals surface area contributed by atoms with Crippen LogP contribution in [0.2, 0.25) is 0 Å². The zero-order chi connectivity index (χ0) is 10.7. The molecule has 4 heteroatoms. The molecular weight excluding hydrogens is 182 g/mol. The molecule has 2 atom stereocenters. The molecule has 80 valence electrons. The number of carbonyl (C=O) groups is 2. The van der Waals surface area contributed by atoms with Gasteiger partial charge >= 0.3 is 5.97 Å². The fraction of sp³-hybridized carbons (Fsp3) is 0.800. The second kappa shape index (κ2) is 4.44. The number of hydrogen-bond donors (Lipinski definition) is 1. The summed E-state index contributed by atoms with van der Waals surface area (Å²) >= 11 is 0. The lowest BCUT2D eigenvalue weighted by Crippen LogP contribution is -2.52. The third-order valence-electron chi connectivity index (χ3n) is 2.86. The van der Waals surface area contributed by atoms with E-state index < -0.39 is 12.0 Å². The van der Waals surface area contributed by atoms with Crippen LogP contribution in [-0.4, -0.2) is 34.0 Å². The number of carbonyl (C=O) groups excluding carboxylic acids is 1. The van der Waals surface area contributed by atoms with Crippen molar-refractivity contribution in [3.05, 3.63) is 0 Å². The number of piperidine rings is 1. The van der Waals surface area contributed by atoms with Crippen molar-refractivity contribution >= 4 is 11.9 Å². The predicted molar refractivity (Wildman–Crippen MR) is 51.9 cm³/mol. The molecule has 0 aromatic carbocycles. The Balaban J connectivity index is 2.83. The topological polar surface area (TPSA) is 57.6 Å². The number of likely N-dealkylation sites (tertiary alicyclic amines) is 1. The van der Waals surface area contributed by atoms with Crippen molar-refractivity contribution in [2.24, 2.45) is 0 Å². The maximum Gasteiger partial charge on any atom is 0.326 e. The molecule has 1 N–H and O–H groups in total. The Morgan fingerprint density at radius 3 is 2.50 bits per heavy atom. The third kappa shape index (κ3) is 2.05. The Kier molecular flexibility index (Phi) is 3.49. The van der Waals surface area contributed by atoms with Crippen molar-refractivity contribution in [2.45, 2.75) is 51.6 Å². The van der Waals surface area contributed by atoms with Crippen molar-refractivity contribution in [1.82, 2.24) is 4.90 Å². The lowest BCUT2D eigenvalue weighted by Gasteiger charge is -2.39. The van der Waals surface area contributed by atoms with E-state index in [2.05, 4.69) is 0 Å². The van der Waals surface area contributed by atoms with E-state index in [0.717, 1.165) is 19.3 Å². The molecule has 1 fully saturated rings. The number of carboxylic acid groups (broad SMARTS) is 1. The van der Waals surface area contributed by atoms with Gasteiger partial charge < -0.3 is 10.0 Å². The summed E-state index contributed by atoms with van der Waals surface area (Å²) in [7, 11) is 0. The Hall–Kier alpha value is -1.06. The Labute approximate surface area is 83.9 Å². The van der Waals surface area contributed by atoms with Crippen molar-refractivity contribution in [3.8, 4) is 0 Å². The van der Waals surface area contributed by atoms with Crippen LogP contribution in [0.15, 0.2) is 0 Å². The number of hydrogen-bond acceptors (Lipinski definition) is 2. The second-order valence-corrected chi connectivity index (χ2v) is 3.77. The van der Waals surface area contributed by atoms with E-state index in [-0.39, 0.29) is 11.9 Å². The molecule has 4 nitrogen and oxygen atoms in total. The van der Waals surface area contributed by atoms with Crippen molar-refractivity contribution in [2.75, 3.05) is 0 Å². The minimum Gasteiger partial charge on any atom is -0.480 e. The normalized spacial score (nSPS) is 27.4. The van der Waals surface area contributed by atoms with Crippen LogP contribution in [0.5, 0.6) is 0 Å². The van der Waals surface area contributed by atoms with Gasteiger partial charge in [-0.1, -0.05) is 6.92 Å². The fourth-order valence-corrected chi connectivity index (χ4v) is 2.20. The molecule has 0 radical (unpaired) electrons. The van der Waals surface area contributed by atoms with E-state index in [1.54, 1.807) is 0 Å². The standard InChI is InChI=1S/C10H17NO3/c1-3-8-5-4-6-9(10(13)14)11(8)7(2)12/h8-9H,3-6H2,1-2H3,(H,13,14). The lowest BCUT2D eigenvalue weighted by atomic mass is 9.94. The number of nitrogens with zero attached hydrogens (tertiary/aromatic N) is 1. The highest BCUT2D eigenvalue weighted by Gasteiger charge is 2.35. The van der Waals surface area contributed by atoms with E-state index in [1.807, 2.05) is 6.92 Å². The smallest absolute Gasteiger partial charge is 0.326 e. The van der Waals surface area contributed by atoms with Gasteiger partial charge in [0, 0.05) is 13.0 Å². The maximum atomic E-state index is 11.3. The molecule has 1 aliphatic rings. The summed E-state index contributed by atoms with van der Waals surface area (Å²) in [6.45, 7) is 3.44. The van der Waals surface area contributed by atoms with Gasteiger partial charge in [-0.15, -0.1) is 0 Å². The van der Waals surface area contributed by atoms with E-state index in [9.17, 15) is 9.59 Å².